The minimum atomic E-state index is -4.43. The van der Waals surface area contributed by atoms with Crippen LogP contribution in [0.3, 0.4) is 0 Å². The molecule has 1 unspecified atom stereocenters. The van der Waals surface area contributed by atoms with Gasteiger partial charge in [-0.1, -0.05) is 69.4 Å². The van der Waals surface area contributed by atoms with Gasteiger partial charge in [-0.15, -0.1) is 0 Å². The molecule has 0 heterocycles. The Kier molecular flexibility index (Phi) is 13.8. The molecule has 10 nitrogen and oxygen atoms in total. The molecule has 1 aliphatic rings. The molecule has 35 heavy (non-hydrogen) atoms. The number of benzene rings is 1. The molecular formula is C24H39N2O8P. The normalized spacial score (nSPS) is 16.8. The fourth-order valence-corrected chi connectivity index (χ4v) is 5.18. The predicted octanol–water partition coefficient (Wildman–Crippen LogP) is 2.93. The van der Waals surface area contributed by atoms with Gasteiger partial charge in [0, 0.05) is 12.5 Å². The van der Waals surface area contributed by atoms with E-state index in [4.69, 9.17) is 10.8 Å². The van der Waals surface area contributed by atoms with Crippen molar-refractivity contribution in [3.63, 3.8) is 0 Å². The van der Waals surface area contributed by atoms with Crippen molar-refractivity contribution in [3.05, 3.63) is 35.9 Å². The molecular weight excluding hydrogens is 475 g/mol. The summed E-state index contributed by atoms with van der Waals surface area (Å²) in [5.74, 6) is -3.33. The van der Waals surface area contributed by atoms with Gasteiger partial charge in [-0.3, -0.25) is 14.2 Å². The van der Waals surface area contributed by atoms with Crippen molar-refractivity contribution < 1.29 is 38.9 Å². The van der Waals surface area contributed by atoms with Crippen molar-refractivity contribution >= 4 is 25.4 Å². The molecule has 7 N–H and O–H groups in total. The molecule has 2 rings (SSSR count). The first-order valence-electron chi connectivity index (χ1n) is 12.0. The van der Waals surface area contributed by atoms with Crippen LogP contribution in [0.15, 0.2) is 30.3 Å². The molecule has 0 spiro atoms. The maximum Gasteiger partial charge on any atom is 0.326 e. The Morgan fingerprint density at radius 2 is 1.69 bits per heavy atom. The van der Waals surface area contributed by atoms with Gasteiger partial charge in [-0.25, -0.2) is 4.79 Å². The number of hydrogen-bond acceptors (Lipinski definition) is 5. The minimum Gasteiger partial charge on any atom is -0.481 e. The van der Waals surface area contributed by atoms with Crippen LogP contribution in [0.4, 0.5) is 0 Å². The van der Waals surface area contributed by atoms with Gasteiger partial charge in [0.1, 0.15) is 6.04 Å². The first-order chi connectivity index (χ1) is 16.4. The Morgan fingerprint density at radius 1 is 1.09 bits per heavy atom. The van der Waals surface area contributed by atoms with E-state index in [0.717, 1.165) is 37.7 Å². The van der Waals surface area contributed by atoms with E-state index in [1.54, 1.807) is 0 Å². The monoisotopic (exact) mass is 514 g/mol. The SMILES string of the molecule is C[C@@H](CC(CP(=O)(O)O)C(=O)N[C@@H](CC1CCCCC1)C(=O)O)c1ccccc1.NCCC(=O)O. The summed E-state index contributed by atoms with van der Waals surface area (Å²) in [6.45, 7) is 2.13. The summed E-state index contributed by atoms with van der Waals surface area (Å²) in [5, 5.41) is 20.0. The summed E-state index contributed by atoms with van der Waals surface area (Å²) in [6, 6.07) is 8.39. The lowest BCUT2D eigenvalue weighted by Crippen LogP contribution is -2.45. The summed E-state index contributed by atoms with van der Waals surface area (Å²) in [6.07, 6.45) is 5.27. The fraction of sp³-hybridized carbons (Fsp3) is 0.625. The van der Waals surface area contributed by atoms with Crippen molar-refractivity contribution in [2.45, 2.75) is 70.3 Å². The molecule has 1 fully saturated rings. The van der Waals surface area contributed by atoms with E-state index < -0.39 is 43.6 Å². The predicted molar refractivity (Wildman–Crippen MR) is 132 cm³/mol. The summed E-state index contributed by atoms with van der Waals surface area (Å²) >= 11 is 0. The van der Waals surface area contributed by atoms with Crippen LogP contribution in [-0.4, -0.2) is 56.6 Å². The number of hydrogen-bond donors (Lipinski definition) is 6. The lowest BCUT2D eigenvalue weighted by atomic mass is 9.84. The van der Waals surface area contributed by atoms with E-state index >= 15 is 0 Å². The van der Waals surface area contributed by atoms with Crippen LogP contribution < -0.4 is 11.1 Å². The maximum absolute atomic E-state index is 12.8. The zero-order valence-corrected chi connectivity index (χ0v) is 21.1. The number of nitrogens with two attached hydrogens (primary N) is 1. The molecule has 0 aromatic heterocycles. The van der Waals surface area contributed by atoms with Crippen molar-refractivity contribution in [2.75, 3.05) is 12.7 Å². The number of nitrogens with one attached hydrogen (secondary N) is 1. The van der Waals surface area contributed by atoms with Crippen LogP contribution in [-0.2, 0) is 18.9 Å². The second kappa shape index (κ2) is 15.7. The van der Waals surface area contributed by atoms with Gasteiger partial charge in [-0.05, 0) is 30.2 Å². The smallest absolute Gasteiger partial charge is 0.326 e. The third-order valence-corrected chi connectivity index (χ3v) is 7.02. The number of carboxylic acid groups (broad SMARTS) is 2. The number of aliphatic carboxylic acids is 2. The largest absolute Gasteiger partial charge is 0.481 e. The molecule has 1 aliphatic carbocycles. The first kappa shape index (κ1) is 30.8. The van der Waals surface area contributed by atoms with Gasteiger partial charge >= 0.3 is 19.5 Å². The minimum absolute atomic E-state index is 0.0694. The van der Waals surface area contributed by atoms with E-state index in [1.165, 1.54) is 0 Å². The second-order valence-electron chi connectivity index (χ2n) is 9.16. The molecule has 0 bridgehead atoms. The van der Waals surface area contributed by atoms with Crippen LogP contribution in [0, 0.1) is 11.8 Å². The van der Waals surface area contributed by atoms with Gasteiger partial charge in [0.15, 0.2) is 0 Å². The maximum atomic E-state index is 12.8. The molecule has 0 radical (unpaired) electrons. The lowest BCUT2D eigenvalue weighted by molar-refractivity contribution is -0.143. The second-order valence-corrected chi connectivity index (χ2v) is 10.9. The van der Waals surface area contributed by atoms with Crippen molar-refractivity contribution in [1.29, 1.82) is 0 Å². The van der Waals surface area contributed by atoms with E-state index in [2.05, 4.69) is 5.32 Å². The van der Waals surface area contributed by atoms with Crippen LogP contribution >= 0.6 is 7.60 Å². The summed E-state index contributed by atoms with van der Waals surface area (Å²) in [4.78, 5) is 52.9. The van der Waals surface area contributed by atoms with Crippen molar-refractivity contribution in [3.8, 4) is 0 Å². The third-order valence-electron chi connectivity index (χ3n) is 6.10. The summed E-state index contributed by atoms with van der Waals surface area (Å²) in [5.41, 5.74) is 5.81. The highest BCUT2D eigenvalue weighted by molar-refractivity contribution is 7.51. The molecule has 3 atom stereocenters. The van der Waals surface area contributed by atoms with Gasteiger partial charge in [0.05, 0.1) is 12.6 Å². The highest BCUT2D eigenvalue weighted by atomic mass is 31.2. The zero-order chi connectivity index (χ0) is 26.4. The number of rotatable bonds is 12. The fourth-order valence-electron chi connectivity index (χ4n) is 4.29. The van der Waals surface area contributed by atoms with Crippen molar-refractivity contribution in [2.24, 2.45) is 17.6 Å². The summed E-state index contributed by atoms with van der Waals surface area (Å²) < 4.78 is 11.6. The van der Waals surface area contributed by atoms with Gasteiger partial charge < -0.3 is 31.1 Å². The van der Waals surface area contributed by atoms with Gasteiger partial charge in [-0.2, -0.15) is 0 Å². The molecule has 198 valence electrons. The van der Waals surface area contributed by atoms with Gasteiger partial charge in [0.25, 0.3) is 0 Å². The van der Waals surface area contributed by atoms with Crippen molar-refractivity contribution in [1.82, 2.24) is 5.32 Å². The Labute approximate surface area is 206 Å². The van der Waals surface area contributed by atoms with E-state index in [-0.39, 0.29) is 31.2 Å². The van der Waals surface area contributed by atoms with E-state index in [0.29, 0.717) is 6.42 Å². The number of carbonyl (C=O) groups excluding carboxylic acids is 1. The molecule has 1 saturated carbocycles. The van der Waals surface area contributed by atoms with E-state index in [9.17, 15) is 33.8 Å². The summed E-state index contributed by atoms with van der Waals surface area (Å²) in [7, 11) is -4.43. The Bertz CT molecular complexity index is 839. The average molecular weight is 515 g/mol. The van der Waals surface area contributed by atoms with Crippen LogP contribution in [0.5, 0.6) is 0 Å². The number of carbonyl (C=O) groups is 3. The molecule has 11 heteroatoms. The zero-order valence-electron chi connectivity index (χ0n) is 20.2. The lowest BCUT2D eigenvalue weighted by Gasteiger charge is -2.27. The number of carboxylic acids is 2. The van der Waals surface area contributed by atoms with Crippen LogP contribution in [0.25, 0.3) is 0 Å². The number of amides is 1. The van der Waals surface area contributed by atoms with Crippen LogP contribution in [0.2, 0.25) is 0 Å². The first-order valence-corrected chi connectivity index (χ1v) is 13.8. The van der Waals surface area contributed by atoms with Crippen LogP contribution in [0.1, 0.15) is 69.8 Å². The third kappa shape index (κ3) is 13.4. The highest BCUT2D eigenvalue weighted by Gasteiger charge is 2.33. The standard InChI is InChI=1S/C21H32NO6P.C3H7NO2/c1-15(17-10-6-3-7-11-17)12-18(14-29(26,27)28)20(23)22-19(21(24)25)13-16-8-4-2-5-9-16;4-2-1-3(5)6/h3,6-7,10-11,15-16,18-19H,2,4-5,8-9,12-14H2,1H3,(H,22,23)(H,24,25)(H2,26,27,28);1-2,4H2,(H,5,6)/t15-,18?,19-;/m0./s1. The molecule has 1 amide bonds. The van der Waals surface area contributed by atoms with Gasteiger partial charge in [0.2, 0.25) is 5.91 Å². The quantitative estimate of drug-likeness (QED) is 0.228. The Morgan fingerprint density at radius 3 is 2.14 bits per heavy atom. The molecule has 0 saturated heterocycles. The molecule has 0 aliphatic heterocycles. The highest BCUT2D eigenvalue weighted by Crippen LogP contribution is 2.39. The molecule has 1 aromatic carbocycles. The average Bonchev–Trinajstić information content (AvgIpc) is 2.78. The topological polar surface area (TPSA) is 187 Å². The van der Waals surface area contributed by atoms with E-state index in [1.807, 2.05) is 37.3 Å². The Balaban J connectivity index is 0.000000905. The molecule has 1 aromatic rings. The Hall–Kier alpha value is -2.26.